The Morgan fingerprint density at radius 2 is 1.55 bits per heavy atom. The van der Waals surface area contributed by atoms with Crippen molar-refractivity contribution in [1.82, 2.24) is 4.90 Å². The minimum atomic E-state index is -0.187. The first-order valence-electron chi connectivity index (χ1n) is 7.68. The van der Waals surface area contributed by atoms with Gasteiger partial charge >= 0.3 is 0 Å². The number of benzene rings is 2. The Morgan fingerprint density at radius 3 is 2.23 bits per heavy atom. The molecule has 0 N–H and O–H groups in total. The zero-order valence-corrected chi connectivity index (χ0v) is 12.9. The molecule has 2 aromatic carbocycles. The predicted molar refractivity (Wildman–Crippen MR) is 91.5 cm³/mol. The summed E-state index contributed by atoms with van der Waals surface area (Å²) in [6.07, 6.45) is 3.77. The lowest BCUT2D eigenvalue weighted by atomic mass is 10.1. The average Bonchev–Trinajstić information content (AvgIpc) is 2.55. The van der Waals surface area contributed by atoms with Crippen molar-refractivity contribution >= 4 is 17.8 Å². The van der Waals surface area contributed by atoms with Gasteiger partial charge in [-0.15, -0.1) is 0 Å². The molecule has 1 aliphatic rings. The Hall–Kier alpha value is -2.13. The highest BCUT2D eigenvalue weighted by molar-refractivity contribution is 5.70. The molecule has 1 saturated heterocycles. The number of hydrogen-bond donors (Lipinski definition) is 0. The third-order valence-electron chi connectivity index (χ3n) is 4.12. The van der Waals surface area contributed by atoms with E-state index in [1.165, 1.54) is 11.8 Å². The second-order valence-electron chi connectivity index (χ2n) is 5.74. The summed E-state index contributed by atoms with van der Waals surface area (Å²) in [5.74, 6) is -0.187. The number of halogens is 1. The van der Waals surface area contributed by atoms with Gasteiger partial charge in [0, 0.05) is 37.4 Å². The van der Waals surface area contributed by atoms with E-state index in [1.54, 1.807) is 12.1 Å². The lowest BCUT2D eigenvalue weighted by molar-refractivity contribution is 0.313. The quantitative estimate of drug-likeness (QED) is 0.796. The maximum atomic E-state index is 13.6. The van der Waals surface area contributed by atoms with Crippen molar-refractivity contribution in [2.75, 3.05) is 38.1 Å². The van der Waals surface area contributed by atoms with Crippen LogP contribution in [0.1, 0.15) is 11.1 Å². The number of piperazine rings is 1. The van der Waals surface area contributed by atoms with Crippen LogP contribution in [0.25, 0.3) is 12.2 Å². The van der Waals surface area contributed by atoms with E-state index >= 15 is 0 Å². The summed E-state index contributed by atoms with van der Waals surface area (Å²) >= 11 is 0. The molecular weight excluding hydrogens is 275 g/mol. The SMILES string of the molecule is CN1CCN(c2ccc(C=Cc3ccccc3F)cc2)CC1. The Balaban J connectivity index is 1.68. The Bertz CT molecular complexity index is 641. The summed E-state index contributed by atoms with van der Waals surface area (Å²) in [6, 6.07) is 15.3. The molecule has 0 unspecified atom stereocenters. The highest BCUT2D eigenvalue weighted by atomic mass is 19.1. The zero-order chi connectivity index (χ0) is 15.4. The maximum Gasteiger partial charge on any atom is 0.130 e. The van der Waals surface area contributed by atoms with Crippen LogP contribution in [0.2, 0.25) is 0 Å². The smallest absolute Gasteiger partial charge is 0.130 e. The van der Waals surface area contributed by atoms with Gasteiger partial charge in [-0.3, -0.25) is 0 Å². The fourth-order valence-electron chi connectivity index (χ4n) is 2.66. The van der Waals surface area contributed by atoms with Crippen molar-refractivity contribution in [2.45, 2.75) is 0 Å². The van der Waals surface area contributed by atoms with Gasteiger partial charge in [0.1, 0.15) is 5.82 Å². The number of nitrogens with zero attached hydrogens (tertiary/aromatic N) is 2. The molecule has 2 aromatic rings. The van der Waals surface area contributed by atoms with Crippen molar-refractivity contribution in [3.05, 3.63) is 65.5 Å². The van der Waals surface area contributed by atoms with Crippen LogP contribution in [0, 0.1) is 5.82 Å². The molecule has 1 fully saturated rings. The van der Waals surface area contributed by atoms with Crippen molar-refractivity contribution in [1.29, 1.82) is 0 Å². The van der Waals surface area contributed by atoms with Crippen LogP contribution in [-0.2, 0) is 0 Å². The monoisotopic (exact) mass is 296 g/mol. The van der Waals surface area contributed by atoms with E-state index < -0.39 is 0 Å². The van der Waals surface area contributed by atoms with E-state index in [-0.39, 0.29) is 5.82 Å². The lowest BCUT2D eigenvalue weighted by Gasteiger charge is -2.34. The normalized spacial score (nSPS) is 16.4. The van der Waals surface area contributed by atoms with Gasteiger partial charge in [-0.2, -0.15) is 0 Å². The highest BCUT2D eigenvalue weighted by Gasteiger charge is 2.13. The fourth-order valence-corrected chi connectivity index (χ4v) is 2.66. The van der Waals surface area contributed by atoms with Gasteiger partial charge in [-0.05, 0) is 30.8 Å². The molecule has 2 nitrogen and oxygen atoms in total. The summed E-state index contributed by atoms with van der Waals surface area (Å²) < 4.78 is 13.6. The zero-order valence-electron chi connectivity index (χ0n) is 12.9. The van der Waals surface area contributed by atoms with Crippen LogP contribution in [0.5, 0.6) is 0 Å². The first kappa shape index (κ1) is 14.8. The molecule has 0 radical (unpaired) electrons. The average molecular weight is 296 g/mol. The van der Waals surface area contributed by atoms with Crippen molar-refractivity contribution in [2.24, 2.45) is 0 Å². The van der Waals surface area contributed by atoms with E-state index in [0.29, 0.717) is 5.56 Å². The number of hydrogen-bond acceptors (Lipinski definition) is 2. The first-order valence-corrected chi connectivity index (χ1v) is 7.68. The summed E-state index contributed by atoms with van der Waals surface area (Å²) in [5.41, 5.74) is 2.96. The van der Waals surface area contributed by atoms with E-state index in [9.17, 15) is 4.39 Å². The summed E-state index contributed by atoms with van der Waals surface area (Å²) in [5, 5.41) is 0. The third kappa shape index (κ3) is 3.55. The molecule has 3 rings (SSSR count). The molecule has 3 heteroatoms. The standard InChI is InChI=1S/C19H21FN2/c1-21-12-14-22(15-13-21)18-10-7-16(8-11-18)6-9-17-4-2-3-5-19(17)20/h2-11H,12-15H2,1H3. The Morgan fingerprint density at radius 1 is 0.864 bits per heavy atom. The van der Waals surface area contributed by atoms with Crippen molar-refractivity contribution < 1.29 is 4.39 Å². The van der Waals surface area contributed by atoms with Gasteiger partial charge in [-0.25, -0.2) is 4.39 Å². The van der Waals surface area contributed by atoms with Crippen LogP contribution < -0.4 is 4.90 Å². The van der Waals surface area contributed by atoms with Crippen LogP contribution in [0.4, 0.5) is 10.1 Å². The Labute approximate surface area is 131 Å². The van der Waals surface area contributed by atoms with Crippen LogP contribution >= 0.6 is 0 Å². The molecule has 0 aliphatic carbocycles. The molecule has 0 saturated carbocycles. The van der Waals surface area contributed by atoms with E-state index in [2.05, 4.69) is 41.1 Å². The Kier molecular flexibility index (Phi) is 4.54. The largest absolute Gasteiger partial charge is 0.369 e. The van der Waals surface area contributed by atoms with Crippen LogP contribution in [-0.4, -0.2) is 38.1 Å². The van der Waals surface area contributed by atoms with E-state index in [0.717, 1.165) is 31.7 Å². The minimum Gasteiger partial charge on any atom is -0.369 e. The molecule has 0 bridgehead atoms. The topological polar surface area (TPSA) is 6.48 Å². The second kappa shape index (κ2) is 6.75. The molecule has 0 amide bonds. The molecule has 0 atom stereocenters. The number of anilines is 1. The van der Waals surface area contributed by atoms with Gasteiger partial charge < -0.3 is 9.80 Å². The summed E-state index contributed by atoms with van der Waals surface area (Å²) in [4.78, 5) is 4.76. The maximum absolute atomic E-state index is 13.6. The summed E-state index contributed by atoms with van der Waals surface area (Å²) in [6.45, 7) is 4.35. The molecule has 0 spiro atoms. The van der Waals surface area contributed by atoms with Crippen molar-refractivity contribution in [3.63, 3.8) is 0 Å². The van der Waals surface area contributed by atoms with Gasteiger partial charge in [0.05, 0.1) is 0 Å². The van der Waals surface area contributed by atoms with Gasteiger partial charge in [0.2, 0.25) is 0 Å². The minimum absolute atomic E-state index is 0.187. The molecule has 1 heterocycles. The van der Waals surface area contributed by atoms with Gasteiger partial charge in [0.25, 0.3) is 0 Å². The first-order chi connectivity index (χ1) is 10.7. The molecule has 114 valence electrons. The lowest BCUT2D eigenvalue weighted by Crippen LogP contribution is -2.44. The molecular formula is C19H21FN2. The fraction of sp³-hybridized carbons (Fsp3) is 0.263. The number of rotatable bonds is 3. The summed E-state index contributed by atoms with van der Waals surface area (Å²) in [7, 11) is 2.16. The van der Waals surface area contributed by atoms with Crippen molar-refractivity contribution in [3.8, 4) is 0 Å². The second-order valence-corrected chi connectivity index (χ2v) is 5.74. The van der Waals surface area contributed by atoms with E-state index in [4.69, 9.17) is 0 Å². The molecule has 0 aromatic heterocycles. The number of likely N-dealkylation sites (N-methyl/N-ethyl adjacent to an activating group) is 1. The molecule has 22 heavy (non-hydrogen) atoms. The highest BCUT2D eigenvalue weighted by Crippen LogP contribution is 2.18. The third-order valence-corrected chi connectivity index (χ3v) is 4.12. The predicted octanol–water partition coefficient (Wildman–Crippen LogP) is 3.75. The van der Waals surface area contributed by atoms with Crippen LogP contribution in [0.15, 0.2) is 48.5 Å². The van der Waals surface area contributed by atoms with E-state index in [1.807, 2.05) is 18.2 Å². The van der Waals surface area contributed by atoms with Gasteiger partial charge in [-0.1, -0.05) is 42.5 Å². The van der Waals surface area contributed by atoms with Crippen LogP contribution in [0.3, 0.4) is 0 Å². The molecule has 1 aliphatic heterocycles. The van der Waals surface area contributed by atoms with Gasteiger partial charge in [0.15, 0.2) is 0 Å².